The van der Waals surface area contributed by atoms with Crippen molar-refractivity contribution in [3.05, 3.63) is 28.2 Å². The van der Waals surface area contributed by atoms with Crippen molar-refractivity contribution in [1.82, 2.24) is 5.32 Å². The van der Waals surface area contributed by atoms with Crippen LogP contribution in [-0.4, -0.2) is 23.6 Å². The number of benzene rings is 1. The Morgan fingerprint density at radius 3 is 2.62 bits per heavy atom. The van der Waals surface area contributed by atoms with Crippen LogP contribution in [0.3, 0.4) is 0 Å². The number of nitrogens with two attached hydrogens (primary N) is 1. The van der Waals surface area contributed by atoms with Crippen LogP contribution in [0.25, 0.3) is 0 Å². The highest BCUT2D eigenvalue weighted by Crippen LogP contribution is 2.29. The maximum Gasteiger partial charge on any atom is 0.240 e. The lowest BCUT2D eigenvalue weighted by Gasteiger charge is -2.21. The summed E-state index contributed by atoms with van der Waals surface area (Å²) in [5.41, 5.74) is 5.31. The molecule has 1 aromatic rings. The van der Waals surface area contributed by atoms with Crippen molar-refractivity contribution in [2.45, 2.75) is 31.2 Å². The molecule has 1 aromatic carbocycles. The second-order valence-corrected chi connectivity index (χ2v) is 6.56. The van der Waals surface area contributed by atoms with E-state index < -0.39 is 11.9 Å². The number of rotatable bonds is 7. The number of carbonyl (C=O) groups is 2. The van der Waals surface area contributed by atoms with Crippen LogP contribution in [0.5, 0.6) is 0 Å². The van der Waals surface area contributed by atoms with Gasteiger partial charge in [0.15, 0.2) is 0 Å². The fourth-order valence-corrected chi connectivity index (χ4v) is 2.98. The normalized spacial score (nSPS) is 13.5. The molecule has 4 nitrogen and oxygen atoms in total. The van der Waals surface area contributed by atoms with Crippen molar-refractivity contribution in [2.24, 2.45) is 11.7 Å². The monoisotopic (exact) mass is 348 g/mol. The van der Waals surface area contributed by atoms with Crippen LogP contribution in [0.1, 0.15) is 20.3 Å². The highest BCUT2D eigenvalue weighted by molar-refractivity contribution is 8.00. The minimum Gasteiger partial charge on any atom is -0.368 e. The summed E-state index contributed by atoms with van der Waals surface area (Å²) in [5, 5.41) is 3.75. The SMILES string of the molecule is CCC(C)C(NC(=O)CSc1cc(Cl)ccc1Cl)C(N)=O. The summed E-state index contributed by atoms with van der Waals surface area (Å²) in [6.45, 7) is 3.81. The van der Waals surface area contributed by atoms with Crippen LogP contribution < -0.4 is 11.1 Å². The lowest BCUT2D eigenvalue weighted by atomic mass is 9.99. The van der Waals surface area contributed by atoms with E-state index in [2.05, 4.69) is 5.32 Å². The molecule has 2 atom stereocenters. The zero-order valence-corrected chi connectivity index (χ0v) is 14.2. The topological polar surface area (TPSA) is 72.2 Å². The summed E-state index contributed by atoms with van der Waals surface area (Å²) < 4.78 is 0. The van der Waals surface area contributed by atoms with Crippen molar-refractivity contribution in [1.29, 1.82) is 0 Å². The summed E-state index contributed by atoms with van der Waals surface area (Å²) in [5.74, 6) is -0.657. The number of primary amides is 1. The highest BCUT2D eigenvalue weighted by atomic mass is 35.5. The summed E-state index contributed by atoms with van der Waals surface area (Å²) in [6, 6.07) is 4.40. The van der Waals surface area contributed by atoms with Gasteiger partial charge in [0.1, 0.15) is 6.04 Å². The molecule has 0 aliphatic rings. The van der Waals surface area contributed by atoms with Crippen LogP contribution in [-0.2, 0) is 9.59 Å². The molecule has 0 saturated heterocycles. The van der Waals surface area contributed by atoms with Crippen molar-refractivity contribution >= 4 is 46.8 Å². The van der Waals surface area contributed by atoms with Gasteiger partial charge in [-0.25, -0.2) is 0 Å². The van der Waals surface area contributed by atoms with E-state index in [0.29, 0.717) is 10.0 Å². The Hall–Kier alpha value is -0.910. The third-order valence-corrected chi connectivity index (χ3v) is 4.82. The molecule has 0 heterocycles. The van der Waals surface area contributed by atoms with E-state index in [9.17, 15) is 9.59 Å². The Labute approximate surface area is 138 Å². The zero-order valence-electron chi connectivity index (χ0n) is 11.9. The Morgan fingerprint density at radius 2 is 2.05 bits per heavy atom. The lowest BCUT2D eigenvalue weighted by molar-refractivity contribution is -0.127. The fourth-order valence-electron chi connectivity index (χ4n) is 1.68. The molecule has 3 N–H and O–H groups in total. The van der Waals surface area contributed by atoms with Crippen molar-refractivity contribution in [2.75, 3.05) is 5.75 Å². The molecule has 2 unspecified atom stereocenters. The minimum absolute atomic E-state index is 0.00814. The molecule has 1 rings (SSSR count). The van der Waals surface area contributed by atoms with E-state index >= 15 is 0 Å². The first kappa shape index (κ1) is 18.1. The second-order valence-electron chi connectivity index (χ2n) is 4.70. The Kier molecular flexibility index (Phi) is 7.35. The van der Waals surface area contributed by atoms with Crippen molar-refractivity contribution < 1.29 is 9.59 Å². The third-order valence-electron chi connectivity index (χ3n) is 3.09. The molecule has 0 radical (unpaired) electrons. The zero-order chi connectivity index (χ0) is 16.0. The van der Waals surface area contributed by atoms with Gasteiger partial charge in [0.2, 0.25) is 11.8 Å². The van der Waals surface area contributed by atoms with E-state index in [1.165, 1.54) is 11.8 Å². The number of hydrogen-bond donors (Lipinski definition) is 2. The smallest absolute Gasteiger partial charge is 0.240 e. The molecule has 0 saturated carbocycles. The van der Waals surface area contributed by atoms with Gasteiger partial charge in [-0.3, -0.25) is 9.59 Å². The average Bonchev–Trinajstić information content (AvgIpc) is 2.44. The molecule has 0 spiro atoms. The molecule has 2 amide bonds. The standard InChI is InChI=1S/C14H18Cl2N2O2S/c1-3-8(2)13(14(17)20)18-12(19)7-21-11-6-9(15)4-5-10(11)16/h4-6,8,13H,3,7H2,1-2H3,(H2,17,20)(H,18,19). The summed E-state index contributed by atoms with van der Waals surface area (Å²) in [4.78, 5) is 24.0. The lowest BCUT2D eigenvalue weighted by Crippen LogP contribution is -2.48. The van der Waals surface area contributed by atoms with Crippen LogP contribution in [0.15, 0.2) is 23.1 Å². The second kappa shape index (κ2) is 8.51. The number of hydrogen-bond acceptors (Lipinski definition) is 3. The highest BCUT2D eigenvalue weighted by Gasteiger charge is 2.23. The Bertz CT molecular complexity index is 526. The molecule has 0 aromatic heterocycles. The molecular weight excluding hydrogens is 331 g/mol. The van der Waals surface area contributed by atoms with Gasteiger partial charge >= 0.3 is 0 Å². The molecule has 0 aliphatic carbocycles. The molecule has 116 valence electrons. The number of nitrogens with one attached hydrogen (secondary N) is 1. The van der Waals surface area contributed by atoms with E-state index in [1.807, 2.05) is 13.8 Å². The quantitative estimate of drug-likeness (QED) is 0.743. The molecule has 7 heteroatoms. The van der Waals surface area contributed by atoms with Crippen LogP contribution in [0.4, 0.5) is 0 Å². The van der Waals surface area contributed by atoms with E-state index in [-0.39, 0.29) is 17.6 Å². The van der Waals surface area contributed by atoms with Gasteiger partial charge in [-0.05, 0) is 24.1 Å². The number of thioether (sulfide) groups is 1. The Morgan fingerprint density at radius 1 is 1.38 bits per heavy atom. The molecule has 0 aliphatic heterocycles. The molecular formula is C14H18Cl2N2O2S. The van der Waals surface area contributed by atoms with Gasteiger partial charge < -0.3 is 11.1 Å². The van der Waals surface area contributed by atoms with Gasteiger partial charge in [-0.15, -0.1) is 11.8 Å². The average molecular weight is 349 g/mol. The minimum atomic E-state index is -0.655. The summed E-state index contributed by atoms with van der Waals surface area (Å²) >= 11 is 13.2. The number of carbonyl (C=O) groups excluding carboxylic acids is 2. The third kappa shape index (κ3) is 5.77. The van der Waals surface area contributed by atoms with Crippen LogP contribution in [0.2, 0.25) is 10.0 Å². The largest absolute Gasteiger partial charge is 0.368 e. The van der Waals surface area contributed by atoms with Crippen LogP contribution in [0, 0.1) is 5.92 Å². The molecule has 0 fully saturated rings. The molecule has 0 bridgehead atoms. The number of amides is 2. The first-order chi connectivity index (χ1) is 9.85. The first-order valence-electron chi connectivity index (χ1n) is 6.51. The predicted molar refractivity (Wildman–Crippen MR) is 87.8 cm³/mol. The maximum atomic E-state index is 11.9. The first-order valence-corrected chi connectivity index (χ1v) is 8.25. The van der Waals surface area contributed by atoms with E-state index in [1.54, 1.807) is 18.2 Å². The van der Waals surface area contributed by atoms with E-state index in [4.69, 9.17) is 28.9 Å². The van der Waals surface area contributed by atoms with E-state index in [0.717, 1.165) is 11.3 Å². The van der Waals surface area contributed by atoms with Crippen LogP contribution >= 0.6 is 35.0 Å². The summed E-state index contributed by atoms with van der Waals surface area (Å²) in [6.07, 6.45) is 0.751. The van der Waals surface area contributed by atoms with Crippen molar-refractivity contribution in [3.63, 3.8) is 0 Å². The molecule has 21 heavy (non-hydrogen) atoms. The number of halogens is 2. The maximum absolute atomic E-state index is 11.9. The van der Waals surface area contributed by atoms with Gasteiger partial charge in [-0.2, -0.15) is 0 Å². The van der Waals surface area contributed by atoms with Gasteiger partial charge in [0.25, 0.3) is 0 Å². The predicted octanol–water partition coefficient (Wildman–Crippen LogP) is 3.10. The van der Waals surface area contributed by atoms with Gasteiger partial charge in [-0.1, -0.05) is 43.5 Å². The fraction of sp³-hybridized carbons (Fsp3) is 0.429. The Balaban J connectivity index is 2.61. The van der Waals surface area contributed by atoms with Gasteiger partial charge in [0.05, 0.1) is 10.8 Å². The summed E-state index contributed by atoms with van der Waals surface area (Å²) in [7, 11) is 0. The van der Waals surface area contributed by atoms with Gasteiger partial charge in [0, 0.05) is 9.92 Å². The van der Waals surface area contributed by atoms with Crippen molar-refractivity contribution in [3.8, 4) is 0 Å².